The first-order chi connectivity index (χ1) is 13.9. The van der Waals surface area contributed by atoms with Crippen LogP contribution in [0.1, 0.15) is 51.1 Å². The number of amides is 2. The monoisotopic (exact) mass is 425 g/mol. The Balaban J connectivity index is 2.69. The number of unbranched alkanes of at least 4 members (excludes halogenated alkanes) is 1. The van der Waals surface area contributed by atoms with Gasteiger partial charge in [-0.2, -0.15) is 0 Å². The fraction of sp³-hybridized carbons (Fsp3) is 0.500. The van der Waals surface area contributed by atoms with Crippen molar-refractivity contribution in [3.8, 4) is 0 Å². The summed E-state index contributed by atoms with van der Waals surface area (Å²) in [6, 6.07) is 6.81. The van der Waals surface area contributed by atoms with Crippen molar-refractivity contribution in [2.24, 2.45) is 0 Å². The number of esters is 1. The van der Waals surface area contributed by atoms with Crippen molar-refractivity contribution in [3.05, 3.63) is 35.9 Å². The fourth-order valence-electron chi connectivity index (χ4n) is 2.47. The molecule has 1 rings (SSSR count). The van der Waals surface area contributed by atoms with E-state index in [0.29, 0.717) is 24.8 Å². The van der Waals surface area contributed by atoms with E-state index in [0.717, 1.165) is 6.42 Å². The molecular formula is C20H28ClN3O5. The Hall–Kier alpha value is -2.45. The zero-order valence-corrected chi connectivity index (χ0v) is 17.5. The van der Waals surface area contributed by atoms with Gasteiger partial charge in [0.05, 0.1) is 19.2 Å². The molecule has 0 radical (unpaired) electrons. The number of carbonyl (C=O) groups excluding carboxylic acids is 4. The first-order valence-electron chi connectivity index (χ1n) is 9.63. The largest absolute Gasteiger partial charge is 0.464 e. The van der Waals surface area contributed by atoms with E-state index in [2.05, 4.69) is 15.5 Å². The molecule has 0 spiro atoms. The molecule has 9 heteroatoms. The van der Waals surface area contributed by atoms with Gasteiger partial charge in [0.2, 0.25) is 11.7 Å². The minimum absolute atomic E-state index is 0.254. The molecule has 0 aliphatic carbocycles. The number of ketones is 1. The summed E-state index contributed by atoms with van der Waals surface area (Å²) >= 11 is 5.49. The number of Topliss-reactive ketones (excluding diaryl/α,β-unsaturated/α-hetero) is 1. The third-order valence-corrected chi connectivity index (χ3v) is 4.34. The molecule has 0 aliphatic heterocycles. The van der Waals surface area contributed by atoms with E-state index >= 15 is 0 Å². The SMILES string of the molecule is CCCCOC(=O)C(NC(=O)CNC(=O)C(=O)C(CCC)NCl)c1ccccc1. The molecule has 2 atom stereocenters. The number of hydrogen-bond acceptors (Lipinski definition) is 6. The van der Waals surface area contributed by atoms with Gasteiger partial charge < -0.3 is 15.4 Å². The van der Waals surface area contributed by atoms with Gasteiger partial charge in [-0.1, -0.05) is 57.0 Å². The Morgan fingerprint density at radius 1 is 1.07 bits per heavy atom. The summed E-state index contributed by atoms with van der Waals surface area (Å²) in [7, 11) is 0. The number of ether oxygens (including phenoxy) is 1. The first-order valence-corrected chi connectivity index (χ1v) is 10.0. The maximum absolute atomic E-state index is 12.4. The van der Waals surface area contributed by atoms with E-state index in [4.69, 9.17) is 16.5 Å². The first kappa shape index (κ1) is 24.6. The van der Waals surface area contributed by atoms with E-state index in [1.54, 1.807) is 30.3 Å². The molecule has 0 aromatic heterocycles. The Morgan fingerprint density at radius 3 is 2.34 bits per heavy atom. The number of nitrogens with one attached hydrogen (secondary N) is 3. The highest BCUT2D eigenvalue weighted by Crippen LogP contribution is 2.14. The Bertz CT molecular complexity index is 684. The van der Waals surface area contributed by atoms with E-state index in [1.165, 1.54) is 0 Å². The lowest BCUT2D eigenvalue weighted by molar-refractivity contribution is -0.148. The molecule has 29 heavy (non-hydrogen) atoms. The van der Waals surface area contributed by atoms with E-state index in [9.17, 15) is 19.2 Å². The van der Waals surface area contributed by atoms with Gasteiger partial charge in [0.15, 0.2) is 6.04 Å². The Kier molecular flexibility index (Phi) is 11.6. The van der Waals surface area contributed by atoms with Gasteiger partial charge >= 0.3 is 5.97 Å². The molecule has 1 aromatic rings. The molecule has 2 unspecified atom stereocenters. The summed E-state index contributed by atoms with van der Waals surface area (Å²) in [6.45, 7) is 3.61. The van der Waals surface area contributed by atoms with Gasteiger partial charge in [-0.15, -0.1) is 0 Å². The van der Waals surface area contributed by atoms with Gasteiger partial charge in [0.1, 0.15) is 0 Å². The van der Waals surface area contributed by atoms with Crippen molar-refractivity contribution < 1.29 is 23.9 Å². The zero-order valence-electron chi connectivity index (χ0n) is 16.7. The fourth-order valence-corrected chi connectivity index (χ4v) is 2.67. The second-order valence-corrected chi connectivity index (χ2v) is 6.65. The molecule has 8 nitrogen and oxygen atoms in total. The van der Waals surface area contributed by atoms with Crippen molar-refractivity contribution >= 4 is 35.3 Å². The quantitative estimate of drug-likeness (QED) is 0.192. The van der Waals surface area contributed by atoms with Crippen LogP contribution in [0.25, 0.3) is 0 Å². The number of benzene rings is 1. The third kappa shape index (κ3) is 8.62. The second-order valence-electron chi connectivity index (χ2n) is 6.43. The van der Waals surface area contributed by atoms with Crippen LogP contribution in [-0.2, 0) is 23.9 Å². The van der Waals surface area contributed by atoms with Crippen LogP contribution in [-0.4, -0.2) is 42.8 Å². The second kappa shape index (κ2) is 13.7. The maximum atomic E-state index is 12.4. The van der Waals surface area contributed by atoms with Crippen LogP contribution in [0.5, 0.6) is 0 Å². The molecule has 0 fully saturated rings. The van der Waals surface area contributed by atoms with E-state index in [1.807, 2.05) is 13.8 Å². The number of carbonyl (C=O) groups is 4. The van der Waals surface area contributed by atoms with Crippen molar-refractivity contribution in [2.45, 2.75) is 51.6 Å². The molecule has 0 saturated heterocycles. The van der Waals surface area contributed by atoms with Crippen molar-refractivity contribution in [2.75, 3.05) is 13.2 Å². The molecule has 1 aromatic carbocycles. The summed E-state index contributed by atoms with van der Waals surface area (Å²) in [5.74, 6) is -2.89. The Morgan fingerprint density at radius 2 is 1.76 bits per heavy atom. The lowest BCUT2D eigenvalue weighted by Crippen LogP contribution is -2.46. The van der Waals surface area contributed by atoms with Crippen LogP contribution >= 0.6 is 11.8 Å². The molecule has 0 heterocycles. The van der Waals surface area contributed by atoms with Crippen LogP contribution in [0.3, 0.4) is 0 Å². The highest BCUT2D eigenvalue weighted by molar-refractivity contribution is 6.39. The number of halogens is 1. The number of rotatable bonds is 13. The van der Waals surface area contributed by atoms with Gasteiger partial charge in [-0.25, -0.2) is 9.63 Å². The predicted molar refractivity (Wildman–Crippen MR) is 109 cm³/mol. The molecular weight excluding hydrogens is 398 g/mol. The van der Waals surface area contributed by atoms with Gasteiger partial charge in [-0.05, 0) is 30.2 Å². The molecule has 160 valence electrons. The molecule has 0 aliphatic rings. The van der Waals surface area contributed by atoms with Crippen molar-refractivity contribution in [1.29, 1.82) is 0 Å². The van der Waals surface area contributed by atoms with Gasteiger partial charge in [0, 0.05) is 0 Å². The predicted octanol–water partition coefficient (Wildman–Crippen LogP) is 1.78. The smallest absolute Gasteiger partial charge is 0.333 e. The summed E-state index contributed by atoms with van der Waals surface area (Å²) in [5.41, 5.74) is 0.555. The van der Waals surface area contributed by atoms with Gasteiger partial charge in [0.25, 0.3) is 5.91 Å². The Labute approximate surface area is 175 Å². The minimum Gasteiger partial charge on any atom is -0.464 e. The third-order valence-electron chi connectivity index (χ3n) is 4.07. The number of hydrogen-bond donors (Lipinski definition) is 3. The summed E-state index contributed by atoms with van der Waals surface area (Å²) in [5, 5.41) is 4.79. The van der Waals surface area contributed by atoms with Crippen LogP contribution in [0, 0.1) is 0 Å². The van der Waals surface area contributed by atoms with Crippen molar-refractivity contribution in [3.63, 3.8) is 0 Å². The average molecular weight is 426 g/mol. The summed E-state index contributed by atoms with van der Waals surface area (Å²) in [4.78, 5) is 50.9. The standard InChI is InChI=1S/C20H28ClN3O5/c1-3-5-12-29-20(28)17(14-10-7-6-8-11-14)23-16(25)13-22-19(27)18(26)15(24-21)9-4-2/h6-8,10-11,15,17,24H,3-5,9,12-13H2,1-2H3,(H,22,27)(H,23,25). The topological polar surface area (TPSA) is 114 Å². The molecule has 2 amide bonds. The minimum atomic E-state index is -1.01. The highest BCUT2D eigenvalue weighted by Gasteiger charge is 2.26. The van der Waals surface area contributed by atoms with E-state index < -0.39 is 42.2 Å². The maximum Gasteiger partial charge on any atom is 0.333 e. The lowest BCUT2D eigenvalue weighted by atomic mass is 10.1. The van der Waals surface area contributed by atoms with Crippen LogP contribution < -0.4 is 15.5 Å². The molecule has 0 saturated carbocycles. The summed E-state index contributed by atoms with van der Waals surface area (Å²) in [6.07, 6.45) is 2.63. The van der Waals surface area contributed by atoms with Crippen LogP contribution in [0.2, 0.25) is 0 Å². The van der Waals surface area contributed by atoms with Crippen molar-refractivity contribution in [1.82, 2.24) is 15.5 Å². The summed E-state index contributed by atoms with van der Waals surface area (Å²) < 4.78 is 5.22. The van der Waals surface area contributed by atoms with Crippen LogP contribution in [0.4, 0.5) is 0 Å². The lowest BCUT2D eigenvalue weighted by Gasteiger charge is -2.18. The van der Waals surface area contributed by atoms with E-state index in [-0.39, 0.29) is 6.61 Å². The zero-order chi connectivity index (χ0) is 21.6. The van der Waals surface area contributed by atoms with Gasteiger partial charge in [-0.3, -0.25) is 14.4 Å². The average Bonchev–Trinajstić information content (AvgIpc) is 2.74. The highest BCUT2D eigenvalue weighted by atomic mass is 35.5. The molecule has 3 N–H and O–H groups in total. The molecule has 0 bridgehead atoms. The van der Waals surface area contributed by atoms with Crippen LogP contribution in [0.15, 0.2) is 30.3 Å². The normalized spacial score (nSPS) is 12.5.